The summed E-state index contributed by atoms with van der Waals surface area (Å²) < 4.78 is 40.7. The van der Waals surface area contributed by atoms with Gasteiger partial charge in [-0.1, -0.05) is 27.2 Å². The van der Waals surface area contributed by atoms with Crippen LogP contribution in [0.4, 0.5) is 4.39 Å². The topological polar surface area (TPSA) is 57.6 Å². The number of halogens is 1. The first-order valence-electron chi connectivity index (χ1n) is 7.17. The van der Waals surface area contributed by atoms with Gasteiger partial charge in [0, 0.05) is 18.7 Å². The molecule has 1 unspecified atom stereocenters. The predicted molar refractivity (Wildman–Crippen MR) is 80.9 cm³/mol. The van der Waals surface area contributed by atoms with Gasteiger partial charge in [0.2, 0.25) is 10.0 Å². The smallest absolute Gasteiger partial charge is 0.243 e. The Balaban J connectivity index is 3.31. The predicted octanol–water partition coefficient (Wildman–Crippen LogP) is 2.68. The molecule has 0 spiro atoms. The minimum Gasteiger partial charge on any atom is -0.392 e. The highest BCUT2D eigenvalue weighted by Crippen LogP contribution is 2.25. The molecule has 0 aliphatic heterocycles. The largest absolute Gasteiger partial charge is 0.392 e. The van der Waals surface area contributed by atoms with Crippen molar-refractivity contribution >= 4 is 10.0 Å². The van der Waals surface area contributed by atoms with E-state index in [0.717, 1.165) is 6.42 Å². The zero-order valence-electron chi connectivity index (χ0n) is 13.1. The van der Waals surface area contributed by atoms with Crippen LogP contribution in [0.15, 0.2) is 17.0 Å². The number of aliphatic hydroxyl groups is 1. The van der Waals surface area contributed by atoms with E-state index in [1.54, 1.807) is 6.92 Å². The second-order valence-electron chi connectivity index (χ2n) is 5.33. The second kappa shape index (κ2) is 7.33. The fourth-order valence-electron chi connectivity index (χ4n) is 2.08. The van der Waals surface area contributed by atoms with Crippen LogP contribution in [0, 0.1) is 18.7 Å². The summed E-state index contributed by atoms with van der Waals surface area (Å²) in [6.45, 7) is 7.54. The van der Waals surface area contributed by atoms with Crippen molar-refractivity contribution in [3.8, 4) is 0 Å². The quantitative estimate of drug-likeness (QED) is 0.841. The molecule has 4 nitrogen and oxygen atoms in total. The molecular weight excluding hydrogens is 293 g/mol. The first-order chi connectivity index (χ1) is 9.77. The summed E-state index contributed by atoms with van der Waals surface area (Å²) in [6.07, 6.45) is 0.871. The number of rotatable bonds is 7. The number of aliphatic hydroxyl groups excluding tert-OH is 1. The SMILES string of the molecule is CCC(C)CN(CC)S(=O)(=O)c1cc(CO)cc(F)c1C. The summed E-state index contributed by atoms with van der Waals surface area (Å²) in [4.78, 5) is -0.0586. The van der Waals surface area contributed by atoms with Crippen molar-refractivity contribution in [2.75, 3.05) is 13.1 Å². The van der Waals surface area contributed by atoms with Gasteiger partial charge in [-0.3, -0.25) is 0 Å². The van der Waals surface area contributed by atoms with E-state index in [1.807, 2.05) is 13.8 Å². The van der Waals surface area contributed by atoms with Crippen molar-refractivity contribution in [3.63, 3.8) is 0 Å². The molecule has 1 aromatic rings. The van der Waals surface area contributed by atoms with Crippen molar-refractivity contribution in [3.05, 3.63) is 29.1 Å². The molecule has 0 heterocycles. The number of hydrogen-bond donors (Lipinski definition) is 1. The van der Waals surface area contributed by atoms with Crippen molar-refractivity contribution in [2.24, 2.45) is 5.92 Å². The van der Waals surface area contributed by atoms with Crippen molar-refractivity contribution < 1.29 is 17.9 Å². The highest BCUT2D eigenvalue weighted by atomic mass is 32.2. The van der Waals surface area contributed by atoms with E-state index in [-0.39, 0.29) is 21.9 Å². The van der Waals surface area contributed by atoms with E-state index in [4.69, 9.17) is 5.11 Å². The van der Waals surface area contributed by atoms with E-state index in [0.29, 0.717) is 13.1 Å². The zero-order valence-corrected chi connectivity index (χ0v) is 13.9. The van der Waals surface area contributed by atoms with Gasteiger partial charge in [-0.25, -0.2) is 12.8 Å². The Hall–Kier alpha value is -0.980. The Bertz CT molecular complexity index is 587. The van der Waals surface area contributed by atoms with Crippen LogP contribution in [0.3, 0.4) is 0 Å². The van der Waals surface area contributed by atoms with Gasteiger partial charge in [0.25, 0.3) is 0 Å². The Morgan fingerprint density at radius 3 is 2.43 bits per heavy atom. The lowest BCUT2D eigenvalue weighted by Gasteiger charge is -2.24. The van der Waals surface area contributed by atoms with Crippen LogP contribution in [0.5, 0.6) is 0 Å². The molecule has 1 N–H and O–H groups in total. The van der Waals surface area contributed by atoms with Gasteiger partial charge in [-0.05, 0) is 30.5 Å². The molecule has 0 aliphatic carbocycles. The molecule has 0 saturated heterocycles. The number of nitrogens with zero attached hydrogens (tertiary/aromatic N) is 1. The van der Waals surface area contributed by atoms with Crippen LogP contribution in [-0.2, 0) is 16.6 Å². The summed E-state index contributed by atoms with van der Waals surface area (Å²) in [6, 6.07) is 2.52. The first kappa shape index (κ1) is 18.1. The lowest BCUT2D eigenvalue weighted by Crippen LogP contribution is -2.35. The normalized spacial score (nSPS) is 13.7. The van der Waals surface area contributed by atoms with Gasteiger partial charge in [0.05, 0.1) is 11.5 Å². The number of hydrogen-bond acceptors (Lipinski definition) is 3. The van der Waals surface area contributed by atoms with Gasteiger partial charge in [-0.2, -0.15) is 4.31 Å². The molecule has 0 radical (unpaired) electrons. The first-order valence-corrected chi connectivity index (χ1v) is 8.61. The van der Waals surface area contributed by atoms with Crippen LogP contribution < -0.4 is 0 Å². The minimum absolute atomic E-state index is 0.0586. The van der Waals surface area contributed by atoms with E-state index in [2.05, 4.69) is 0 Å². The molecule has 120 valence electrons. The third-order valence-corrected chi connectivity index (χ3v) is 5.79. The maximum absolute atomic E-state index is 13.9. The molecule has 0 amide bonds. The number of sulfonamides is 1. The van der Waals surface area contributed by atoms with Crippen LogP contribution in [0.1, 0.15) is 38.3 Å². The lowest BCUT2D eigenvalue weighted by molar-refractivity contribution is 0.280. The van der Waals surface area contributed by atoms with E-state index in [1.165, 1.54) is 23.4 Å². The maximum atomic E-state index is 13.9. The summed E-state index contributed by atoms with van der Waals surface area (Å²) in [5.41, 5.74) is 0.353. The molecule has 1 atom stereocenters. The highest BCUT2D eigenvalue weighted by molar-refractivity contribution is 7.89. The van der Waals surface area contributed by atoms with Gasteiger partial charge in [0.15, 0.2) is 0 Å². The summed E-state index contributed by atoms with van der Waals surface area (Å²) in [5, 5.41) is 9.15. The molecule has 1 rings (SSSR count). The summed E-state index contributed by atoms with van der Waals surface area (Å²) >= 11 is 0. The molecule has 0 aromatic heterocycles. The average Bonchev–Trinajstić information content (AvgIpc) is 2.46. The van der Waals surface area contributed by atoms with Crippen molar-refractivity contribution in [1.82, 2.24) is 4.31 Å². The summed E-state index contributed by atoms with van der Waals surface area (Å²) in [5.74, 6) is -0.384. The molecule has 0 bridgehead atoms. The van der Waals surface area contributed by atoms with Crippen LogP contribution in [-0.4, -0.2) is 30.9 Å². The third-order valence-electron chi connectivity index (χ3n) is 3.72. The maximum Gasteiger partial charge on any atom is 0.243 e. The summed E-state index contributed by atoms with van der Waals surface area (Å²) in [7, 11) is -3.76. The third kappa shape index (κ3) is 4.02. The highest BCUT2D eigenvalue weighted by Gasteiger charge is 2.27. The molecule has 0 saturated carbocycles. The van der Waals surface area contributed by atoms with Crippen molar-refractivity contribution in [1.29, 1.82) is 0 Å². The zero-order chi connectivity index (χ0) is 16.2. The molecular formula is C15H24FNO3S. The van der Waals surface area contributed by atoms with Gasteiger partial charge >= 0.3 is 0 Å². The van der Waals surface area contributed by atoms with Crippen molar-refractivity contribution in [2.45, 2.75) is 45.6 Å². The van der Waals surface area contributed by atoms with E-state index >= 15 is 0 Å². The Morgan fingerprint density at radius 2 is 1.95 bits per heavy atom. The standard InChI is InChI=1S/C15H24FNO3S/c1-5-11(3)9-17(6-2)21(19,20)15-8-13(10-18)7-14(16)12(15)4/h7-8,11,18H,5-6,9-10H2,1-4H3. The van der Waals surface area contributed by atoms with E-state index < -0.39 is 22.4 Å². The molecule has 0 fully saturated rings. The second-order valence-corrected chi connectivity index (χ2v) is 7.23. The Morgan fingerprint density at radius 1 is 1.33 bits per heavy atom. The molecule has 6 heteroatoms. The fraction of sp³-hybridized carbons (Fsp3) is 0.600. The van der Waals surface area contributed by atoms with Crippen LogP contribution in [0.2, 0.25) is 0 Å². The molecule has 0 aliphatic rings. The average molecular weight is 317 g/mol. The minimum atomic E-state index is -3.76. The molecule has 1 aromatic carbocycles. The van der Waals surface area contributed by atoms with Crippen LogP contribution in [0.25, 0.3) is 0 Å². The lowest BCUT2D eigenvalue weighted by atomic mass is 10.1. The van der Waals surface area contributed by atoms with Gasteiger partial charge in [0.1, 0.15) is 5.82 Å². The van der Waals surface area contributed by atoms with Gasteiger partial charge in [-0.15, -0.1) is 0 Å². The Kier molecular flexibility index (Phi) is 6.31. The molecule has 21 heavy (non-hydrogen) atoms. The van der Waals surface area contributed by atoms with Gasteiger partial charge < -0.3 is 5.11 Å². The fourth-order valence-corrected chi connectivity index (χ4v) is 3.93. The van der Waals surface area contributed by atoms with Crippen LogP contribution >= 0.6 is 0 Å². The van der Waals surface area contributed by atoms with E-state index in [9.17, 15) is 12.8 Å². The monoisotopic (exact) mass is 317 g/mol. The Labute approximate surface area is 126 Å². The number of benzene rings is 1.